The predicted octanol–water partition coefficient (Wildman–Crippen LogP) is 2.66. The van der Waals surface area contributed by atoms with Gasteiger partial charge in [0.15, 0.2) is 5.65 Å². The fraction of sp³-hybridized carbons (Fsp3) is 0.692. The highest BCUT2D eigenvalue weighted by Crippen LogP contribution is 2.26. The Morgan fingerprint density at radius 2 is 2.05 bits per heavy atom. The second-order valence-corrected chi connectivity index (χ2v) is 5.79. The van der Waals surface area contributed by atoms with Crippen LogP contribution < -0.4 is 0 Å². The van der Waals surface area contributed by atoms with Crippen LogP contribution in [0, 0.1) is 12.8 Å². The summed E-state index contributed by atoms with van der Waals surface area (Å²) < 4.78 is 9.25. The van der Waals surface area contributed by atoms with E-state index >= 15 is 0 Å². The van der Waals surface area contributed by atoms with Crippen LogP contribution in [0.25, 0.3) is 11.2 Å². The van der Waals surface area contributed by atoms with Crippen LogP contribution in [0.15, 0.2) is 0 Å². The van der Waals surface area contributed by atoms with Gasteiger partial charge in [0.2, 0.25) is 0 Å². The molecule has 19 heavy (non-hydrogen) atoms. The Kier molecular flexibility index (Phi) is 4.16. The number of aryl methyl sites for hydroxylation is 2. The number of hydrogen-bond acceptors (Lipinski definition) is 3. The molecule has 2 heterocycles. The second-order valence-electron chi connectivity index (χ2n) is 5.14. The average Bonchev–Trinajstić information content (AvgIpc) is 2.80. The molecule has 0 aliphatic heterocycles. The normalized spacial score (nSPS) is 15.1. The van der Waals surface area contributed by atoms with E-state index in [1.807, 2.05) is 25.6 Å². The van der Waals surface area contributed by atoms with Crippen molar-refractivity contribution in [3.8, 4) is 0 Å². The smallest absolute Gasteiger partial charge is 0.158 e. The first-order valence-corrected chi connectivity index (χ1v) is 6.92. The van der Waals surface area contributed by atoms with Gasteiger partial charge in [-0.2, -0.15) is 5.10 Å². The number of halogens is 1. The van der Waals surface area contributed by atoms with Crippen molar-refractivity contribution < 1.29 is 4.74 Å². The first-order valence-electron chi connectivity index (χ1n) is 6.48. The molecular weight excluding hydrogens is 264 g/mol. The number of aromatic nitrogens is 4. The molecule has 0 saturated heterocycles. The lowest BCUT2D eigenvalue weighted by atomic mass is 10.2. The molecule has 0 aliphatic carbocycles. The molecule has 0 radical (unpaired) electrons. The maximum absolute atomic E-state index is 6.26. The van der Waals surface area contributed by atoms with Crippen LogP contribution in [0.5, 0.6) is 0 Å². The fourth-order valence-corrected chi connectivity index (χ4v) is 2.65. The molecule has 2 atom stereocenters. The number of hydrogen-bond donors (Lipinski definition) is 0. The average molecular weight is 285 g/mol. The van der Waals surface area contributed by atoms with Gasteiger partial charge >= 0.3 is 0 Å². The van der Waals surface area contributed by atoms with Gasteiger partial charge in [-0.3, -0.25) is 4.68 Å². The summed E-state index contributed by atoms with van der Waals surface area (Å²) in [4.78, 5) is 4.65. The summed E-state index contributed by atoms with van der Waals surface area (Å²) >= 11 is 6.26. The molecule has 0 spiro atoms. The lowest BCUT2D eigenvalue weighted by molar-refractivity contribution is 0.151. The van der Waals surface area contributed by atoms with Crippen molar-refractivity contribution in [2.45, 2.75) is 32.7 Å². The van der Waals surface area contributed by atoms with Gasteiger partial charge < -0.3 is 9.30 Å². The highest BCUT2D eigenvalue weighted by Gasteiger charge is 2.21. The third-order valence-corrected chi connectivity index (χ3v) is 3.42. The van der Waals surface area contributed by atoms with Crippen molar-refractivity contribution in [2.75, 3.05) is 13.7 Å². The van der Waals surface area contributed by atoms with E-state index in [1.54, 1.807) is 7.11 Å². The molecule has 106 valence electrons. The minimum absolute atomic E-state index is 0.124. The zero-order valence-electron chi connectivity index (χ0n) is 12.1. The van der Waals surface area contributed by atoms with E-state index < -0.39 is 0 Å². The molecule has 0 N–H and O–H groups in total. The van der Waals surface area contributed by atoms with Gasteiger partial charge in [0.1, 0.15) is 11.3 Å². The largest absolute Gasteiger partial charge is 0.384 e. The summed E-state index contributed by atoms with van der Waals surface area (Å²) in [6.45, 7) is 7.62. The third kappa shape index (κ3) is 2.62. The van der Waals surface area contributed by atoms with Crippen LogP contribution in [0.2, 0.25) is 0 Å². The summed E-state index contributed by atoms with van der Waals surface area (Å²) in [6.07, 6.45) is 0. The molecule has 0 bridgehead atoms. The Hall–Kier alpha value is -1.07. The van der Waals surface area contributed by atoms with Gasteiger partial charge in [0.25, 0.3) is 0 Å². The van der Waals surface area contributed by atoms with E-state index in [-0.39, 0.29) is 5.38 Å². The number of fused-ring (bicyclic) bond motifs is 1. The Morgan fingerprint density at radius 1 is 1.37 bits per heavy atom. The second kappa shape index (κ2) is 5.51. The van der Waals surface area contributed by atoms with Gasteiger partial charge in [0.05, 0.1) is 17.7 Å². The molecule has 5 nitrogen and oxygen atoms in total. The van der Waals surface area contributed by atoms with E-state index in [0.29, 0.717) is 12.5 Å². The lowest BCUT2D eigenvalue weighted by Gasteiger charge is -2.15. The number of nitrogens with zero attached hydrogens (tertiary/aromatic N) is 4. The van der Waals surface area contributed by atoms with Gasteiger partial charge in [-0.1, -0.05) is 6.92 Å². The Bertz CT molecular complexity index is 573. The minimum atomic E-state index is -0.124. The number of imidazole rings is 1. The minimum Gasteiger partial charge on any atom is -0.384 e. The molecule has 0 aromatic carbocycles. The van der Waals surface area contributed by atoms with Gasteiger partial charge in [-0.25, -0.2) is 4.98 Å². The maximum Gasteiger partial charge on any atom is 0.158 e. The van der Waals surface area contributed by atoms with E-state index in [1.165, 1.54) is 0 Å². The van der Waals surface area contributed by atoms with E-state index in [9.17, 15) is 0 Å². The number of methoxy groups -OCH3 is 1. The third-order valence-electron chi connectivity index (χ3n) is 3.22. The van der Waals surface area contributed by atoms with Gasteiger partial charge in [-0.15, -0.1) is 11.6 Å². The van der Waals surface area contributed by atoms with E-state index in [2.05, 4.69) is 21.6 Å². The lowest BCUT2D eigenvalue weighted by Crippen LogP contribution is -2.16. The SMILES string of the molecule is COCC(C)Cn1c(C(C)Cl)nc2c(C)nn(C)c21. The number of rotatable bonds is 5. The molecule has 6 heteroatoms. The van der Waals surface area contributed by atoms with Gasteiger partial charge in [0, 0.05) is 20.7 Å². The van der Waals surface area contributed by atoms with Crippen molar-refractivity contribution in [3.05, 3.63) is 11.5 Å². The van der Waals surface area contributed by atoms with Crippen LogP contribution in [0.3, 0.4) is 0 Å². The quantitative estimate of drug-likeness (QED) is 0.793. The molecule has 2 aromatic rings. The zero-order chi connectivity index (χ0) is 14.2. The van der Waals surface area contributed by atoms with E-state index in [0.717, 1.165) is 29.2 Å². The van der Waals surface area contributed by atoms with Crippen molar-refractivity contribution in [2.24, 2.45) is 13.0 Å². The van der Waals surface area contributed by atoms with Crippen molar-refractivity contribution in [1.82, 2.24) is 19.3 Å². The topological polar surface area (TPSA) is 44.9 Å². The first-order chi connectivity index (χ1) is 8.95. The van der Waals surface area contributed by atoms with Crippen molar-refractivity contribution in [3.63, 3.8) is 0 Å². The predicted molar refractivity (Wildman–Crippen MR) is 76.5 cm³/mol. The summed E-state index contributed by atoms with van der Waals surface area (Å²) in [5.41, 5.74) is 2.91. The Balaban J connectivity index is 2.51. The van der Waals surface area contributed by atoms with Crippen LogP contribution in [-0.4, -0.2) is 33.0 Å². The van der Waals surface area contributed by atoms with E-state index in [4.69, 9.17) is 16.3 Å². The van der Waals surface area contributed by atoms with Crippen molar-refractivity contribution >= 4 is 22.8 Å². The molecule has 2 rings (SSSR count). The molecule has 0 amide bonds. The summed E-state index contributed by atoms with van der Waals surface area (Å²) in [5.74, 6) is 1.29. The van der Waals surface area contributed by atoms with Crippen LogP contribution in [0.4, 0.5) is 0 Å². The maximum atomic E-state index is 6.26. The molecule has 0 fully saturated rings. The zero-order valence-corrected chi connectivity index (χ0v) is 12.9. The fourth-order valence-electron chi connectivity index (χ4n) is 2.48. The highest BCUT2D eigenvalue weighted by molar-refractivity contribution is 6.20. The summed E-state index contributed by atoms with van der Waals surface area (Å²) in [6, 6.07) is 0. The summed E-state index contributed by atoms with van der Waals surface area (Å²) in [5, 5.41) is 4.30. The van der Waals surface area contributed by atoms with Gasteiger partial charge in [-0.05, 0) is 19.8 Å². The highest BCUT2D eigenvalue weighted by atomic mass is 35.5. The van der Waals surface area contributed by atoms with Crippen LogP contribution in [-0.2, 0) is 18.3 Å². The van der Waals surface area contributed by atoms with Crippen molar-refractivity contribution in [1.29, 1.82) is 0 Å². The first kappa shape index (κ1) is 14.3. The molecule has 0 saturated carbocycles. The molecule has 2 aromatic heterocycles. The Labute approximate surface area is 118 Å². The summed E-state index contributed by atoms with van der Waals surface area (Å²) in [7, 11) is 3.66. The number of alkyl halides is 1. The number of ether oxygens (including phenoxy) is 1. The standard InChI is InChI=1S/C13H21ClN4O/c1-8(7-19-5)6-18-12(9(2)14)15-11-10(3)16-17(4)13(11)18/h8-9H,6-7H2,1-5H3. The molecular formula is C13H21ClN4O. The Morgan fingerprint density at radius 3 is 2.63 bits per heavy atom. The van der Waals surface area contributed by atoms with Crippen LogP contribution >= 0.6 is 11.6 Å². The van der Waals surface area contributed by atoms with Crippen LogP contribution in [0.1, 0.15) is 30.7 Å². The molecule has 0 aliphatic rings. The molecule has 2 unspecified atom stereocenters. The monoisotopic (exact) mass is 284 g/mol.